The summed E-state index contributed by atoms with van der Waals surface area (Å²) >= 11 is 0. The molecule has 0 spiro atoms. The number of nitrogens with one attached hydrogen (secondary N) is 1. The summed E-state index contributed by atoms with van der Waals surface area (Å²) in [5.41, 5.74) is 0.726. The van der Waals surface area contributed by atoms with Gasteiger partial charge in [-0.2, -0.15) is 0 Å². The molecule has 1 aliphatic rings. The van der Waals surface area contributed by atoms with Crippen LogP contribution in [0.2, 0.25) is 0 Å². The fraction of sp³-hybridized carbons (Fsp3) is 0.562. The van der Waals surface area contributed by atoms with E-state index in [0.29, 0.717) is 13.2 Å². The Balaban J connectivity index is 1.94. The Hall–Kier alpha value is -1.59. The van der Waals surface area contributed by atoms with Crippen molar-refractivity contribution in [3.63, 3.8) is 0 Å². The van der Waals surface area contributed by atoms with Crippen LogP contribution in [0.25, 0.3) is 0 Å². The Morgan fingerprint density at radius 1 is 1.48 bits per heavy atom. The summed E-state index contributed by atoms with van der Waals surface area (Å²) in [6, 6.07) is 6.51. The van der Waals surface area contributed by atoms with Crippen LogP contribution in [0.5, 0.6) is 5.75 Å². The van der Waals surface area contributed by atoms with Gasteiger partial charge in [0.2, 0.25) is 0 Å². The van der Waals surface area contributed by atoms with Gasteiger partial charge in [0.1, 0.15) is 11.8 Å². The molecule has 2 N–H and O–H groups in total. The molecule has 0 aliphatic carbocycles. The minimum absolute atomic E-state index is 0.124. The highest BCUT2D eigenvalue weighted by Crippen LogP contribution is 2.19. The predicted molar refractivity (Wildman–Crippen MR) is 79.6 cm³/mol. The topological polar surface area (TPSA) is 67.8 Å². The summed E-state index contributed by atoms with van der Waals surface area (Å²) in [6.07, 6.45) is 3.11. The molecule has 2 rings (SSSR count). The molecule has 1 fully saturated rings. The Morgan fingerprint density at radius 2 is 2.24 bits per heavy atom. The molecule has 116 valence electrons. The van der Waals surface area contributed by atoms with Crippen LogP contribution in [-0.4, -0.2) is 36.9 Å². The third kappa shape index (κ3) is 4.72. The van der Waals surface area contributed by atoms with Crippen LogP contribution in [0.15, 0.2) is 24.3 Å². The number of carboxylic acids is 1. The minimum atomic E-state index is -0.879. The summed E-state index contributed by atoms with van der Waals surface area (Å²) in [7, 11) is 0. The van der Waals surface area contributed by atoms with E-state index in [4.69, 9.17) is 9.47 Å². The third-order valence-electron chi connectivity index (χ3n) is 3.51. The number of aliphatic carboxylic acids is 1. The second-order valence-corrected chi connectivity index (χ2v) is 5.23. The van der Waals surface area contributed by atoms with Crippen LogP contribution in [0.1, 0.15) is 37.8 Å². The third-order valence-corrected chi connectivity index (χ3v) is 3.51. The minimum Gasteiger partial charge on any atom is -0.494 e. The van der Waals surface area contributed by atoms with Gasteiger partial charge >= 0.3 is 5.97 Å². The number of hydrogen-bond acceptors (Lipinski definition) is 4. The first kappa shape index (κ1) is 15.8. The zero-order valence-electron chi connectivity index (χ0n) is 12.4. The van der Waals surface area contributed by atoms with Crippen LogP contribution < -0.4 is 10.1 Å². The van der Waals surface area contributed by atoms with Crippen LogP contribution in [-0.2, 0) is 9.53 Å². The fourth-order valence-electron chi connectivity index (χ4n) is 2.38. The van der Waals surface area contributed by atoms with E-state index in [1.807, 2.05) is 19.1 Å². The van der Waals surface area contributed by atoms with Gasteiger partial charge in [-0.25, -0.2) is 0 Å². The number of ether oxygens (including phenoxy) is 2. The molecule has 1 heterocycles. The number of benzene rings is 1. The lowest BCUT2D eigenvalue weighted by atomic mass is 10.1. The molecular formula is C16H23NO4. The molecule has 1 aromatic carbocycles. The van der Waals surface area contributed by atoms with E-state index < -0.39 is 12.0 Å². The maximum Gasteiger partial charge on any atom is 0.325 e. The summed E-state index contributed by atoms with van der Waals surface area (Å²) in [5.74, 6) is -0.112. The normalized spacial score (nSPS) is 19.4. The lowest BCUT2D eigenvalue weighted by Gasteiger charge is -2.18. The van der Waals surface area contributed by atoms with E-state index in [9.17, 15) is 9.90 Å². The van der Waals surface area contributed by atoms with Gasteiger partial charge in [0.05, 0.1) is 12.7 Å². The average molecular weight is 293 g/mol. The van der Waals surface area contributed by atoms with E-state index in [1.54, 1.807) is 12.1 Å². The van der Waals surface area contributed by atoms with Crippen LogP contribution in [0, 0.1) is 0 Å². The molecule has 0 aromatic heterocycles. The van der Waals surface area contributed by atoms with Gasteiger partial charge in [-0.3, -0.25) is 10.1 Å². The quantitative estimate of drug-likeness (QED) is 0.770. The van der Waals surface area contributed by atoms with E-state index in [-0.39, 0.29) is 6.10 Å². The van der Waals surface area contributed by atoms with Gasteiger partial charge in [-0.05, 0) is 37.0 Å². The van der Waals surface area contributed by atoms with E-state index >= 15 is 0 Å². The van der Waals surface area contributed by atoms with Crippen LogP contribution >= 0.6 is 0 Å². The molecular weight excluding hydrogens is 270 g/mol. The number of carbonyl (C=O) groups is 1. The molecule has 0 saturated carbocycles. The van der Waals surface area contributed by atoms with Crippen molar-refractivity contribution >= 4 is 5.97 Å². The van der Waals surface area contributed by atoms with E-state index in [0.717, 1.165) is 37.2 Å². The summed E-state index contributed by atoms with van der Waals surface area (Å²) in [4.78, 5) is 11.4. The lowest BCUT2D eigenvalue weighted by Crippen LogP contribution is -2.34. The molecule has 1 aliphatic heterocycles. The zero-order chi connectivity index (χ0) is 15.1. The number of rotatable bonds is 8. The molecule has 5 nitrogen and oxygen atoms in total. The van der Waals surface area contributed by atoms with Crippen LogP contribution in [0.3, 0.4) is 0 Å². The van der Waals surface area contributed by atoms with Gasteiger partial charge < -0.3 is 14.6 Å². The number of carboxylic acid groups (broad SMARTS) is 1. The SMILES string of the molecule is CCCOc1ccc(C(NCC2CCCO2)C(=O)O)cc1. The highest BCUT2D eigenvalue weighted by atomic mass is 16.5. The van der Waals surface area contributed by atoms with Crippen molar-refractivity contribution in [3.05, 3.63) is 29.8 Å². The van der Waals surface area contributed by atoms with Gasteiger partial charge in [0.25, 0.3) is 0 Å². The molecule has 1 aromatic rings. The highest BCUT2D eigenvalue weighted by Gasteiger charge is 2.22. The van der Waals surface area contributed by atoms with Crippen LogP contribution in [0.4, 0.5) is 0 Å². The predicted octanol–water partition coefficient (Wildman–Crippen LogP) is 2.37. The maximum absolute atomic E-state index is 11.4. The second-order valence-electron chi connectivity index (χ2n) is 5.23. The fourth-order valence-corrected chi connectivity index (χ4v) is 2.38. The maximum atomic E-state index is 11.4. The molecule has 0 amide bonds. The molecule has 5 heteroatoms. The first-order chi connectivity index (χ1) is 10.2. The zero-order valence-corrected chi connectivity index (χ0v) is 12.4. The summed E-state index contributed by atoms with van der Waals surface area (Å²) in [6.45, 7) is 4.04. The van der Waals surface area contributed by atoms with E-state index in [1.165, 1.54) is 0 Å². The van der Waals surface area contributed by atoms with Crippen molar-refractivity contribution in [2.75, 3.05) is 19.8 Å². The Morgan fingerprint density at radius 3 is 2.81 bits per heavy atom. The van der Waals surface area contributed by atoms with Gasteiger partial charge in [-0.15, -0.1) is 0 Å². The van der Waals surface area contributed by atoms with Gasteiger partial charge in [-0.1, -0.05) is 19.1 Å². The second kappa shape index (κ2) is 8.00. The first-order valence-electron chi connectivity index (χ1n) is 7.51. The molecule has 0 radical (unpaired) electrons. The van der Waals surface area contributed by atoms with Crippen molar-refractivity contribution in [2.24, 2.45) is 0 Å². The molecule has 21 heavy (non-hydrogen) atoms. The van der Waals surface area contributed by atoms with Gasteiger partial charge in [0.15, 0.2) is 0 Å². The first-order valence-corrected chi connectivity index (χ1v) is 7.51. The van der Waals surface area contributed by atoms with Crippen molar-refractivity contribution in [1.82, 2.24) is 5.32 Å². The smallest absolute Gasteiger partial charge is 0.325 e. The standard InChI is InChI=1S/C16H23NO4/c1-2-9-20-13-7-5-12(6-8-13)15(16(18)19)17-11-14-4-3-10-21-14/h5-8,14-15,17H,2-4,9-11H2,1H3,(H,18,19). The molecule has 1 saturated heterocycles. The lowest BCUT2D eigenvalue weighted by molar-refractivity contribution is -0.139. The largest absolute Gasteiger partial charge is 0.494 e. The van der Waals surface area contributed by atoms with Crippen molar-refractivity contribution < 1.29 is 19.4 Å². The Labute approximate surface area is 125 Å². The number of hydrogen-bond donors (Lipinski definition) is 2. The summed E-state index contributed by atoms with van der Waals surface area (Å²) in [5, 5.41) is 12.5. The van der Waals surface area contributed by atoms with Crippen molar-refractivity contribution in [3.8, 4) is 5.75 Å². The Kier molecular flexibility index (Phi) is 6.02. The molecule has 0 bridgehead atoms. The molecule has 2 unspecified atom stereocenters. The van der Waals surface area contributed by atoms with Crippen molar-refractivity contribution in [2.45, 2.75) is 38.3 Å². The molecule has 2 atom stereocenters. The highest BCUT2D eigenvalue weighted by molar-refractivity contribution is 5.75. The summed E-state index contributed by atoms with van der Waals surface area (Å²) < 4.78 is 11.0. The monoisotopic (exact) mass is 293 g/mol. The average Bonchev–Trinajstić information content (AvgIpc) is 2.99. The van der Waals surface area contributed by atoms with Gasteiger partial charge in [0, 0.05) is 13.2 Å². The Bertz CT molecular complexity index is 440. The van der Waals surface area contributed by atoms with Crippen molar-refractivity contribution in [1.29, 1.82) is 0 Å². The van der Waals surface area contributed by atoms with E-state index in [2.05, 4.69) is 5.32 Å².